The summed E-state index contributed by atoms with van der Waals surface area (Å²) in [6, 6.07) is 9.61. The van der Waals surface area contributed by atoms with Crippen molar-refractivity contribution < 1.29 is 25.0 Å². The molecule has 6 nitrogen and oxygen atoms in total. The zero-order valence-electron chi connectivity index (χ0n) is 14.8. The van der Waals surface area contributed by atoms with E-state index in [0.717, 1.165) is 30.5 Å². The molecular formula is C20H27NO5. The molecule has 2 aliphatic carbocycles. The van der Waals surface area contributed by atoms with E-state index in [1.54, 1.807) is 0 Å². The Bertz CT molecular complexity index is 645. The maximum atomic E-state index is 10.5. The first-order chi connectivity index (χ1) is 12.6. The minimum Gasteiger partial charge on any atom is -0.481 e. The Morgan fingerprint density at radius 3 is 2.77 bits per heavy atom. The number of allylic oxidation sites excluding steroid dienone is 1. The van der Waals surface area contributed by atoms with Crippen LogP contribution in [0.2, 0.25) is 0 Å². The fourth-order valence-electron chi connectivity index (χ4n) is 3.93. The zero-order chi connectivity index (χ0) is 18.5. The first-order valence-electron chi connectivity index (χ1n) is 9.29. The minimum atomic E-state index is -0.821. The van der Waals surface area contributed by atoms with Gasteiger partial charge in [-0.3, -0.25) is 15.1 Å². The molecule has 4 unspecified atom stereocenters. The van der Waals surface area contributed by atoms with Crippen LogP contribution >= 0.6 is 0 Å². The first kappa shape index (κ1) is 18.9. The van der Waals surface area contributed by atoms with Crippen LogP contribution in [0.15, 0.2) is 41.6 Å². The number of fused-ring (bicyclic) bond motifs is 1. The van der Waals surface area contributed by atoms with Crippen LogP contribution in [0, 0.1) is 11.8 Å². The number of aliphatic hydroxyl groups excluding tert-OH is 2. The van der Waals surface area contributed by atoms with Gasteiger partial charge in [0.05, 0.1) is 18.8 Å². The van der Waals surface area contributed by atoms with Gasteiger partial charge < -0.3 is 15.3 Å². The molecule has 0 aliphatic heterocycles. The topological polar surface area (TPSA) is 99.0 Å². The van der Waals surface area contributed by atoms with E-state index in [0.29, 0.717) is 19.4 Å². The minimum absolute atomic E-state index is 0.0980. The molecule has 0 bridgehead atoms. The highest BCUT2D eigenvalue weighted by Crippen LogP contribution is 2.49. The lowest BCUT2D eigenvalue weighted by atomic mass is 9.83. The van der Waals surface area contributed by atoms with Gasteiger partial charge in [0.1, 0.15) is 0 Å². The lowest BCUT2D eigenvalue weighted by Crippen LogP contribution is -2.32. The number of carboxylic acids is 1. The quantitative estimate of drug-likeness (QED) is 0.378. The predicted octanol–water partition coefficient (Wildman–Crippen LogP) is 2.54. The molecule has 4 atom stereocenters. The van der Waals surface area contributed by atoms with Gasteiger partial charge in [0.15, 0.2) is 0 Å². The molecule has 2 aliphatic rings. The van der Waals surface area contributed by atoms with Gasteiger partial charge in [0.25, 0.3) is 0 Å². The van der Waals surface area contributed by atoms with E-state index < -0.39 is 12.1 Å². The van der Waals surface area contributed by atoms with Gasteiger partial charge in [0, 0.05) is 18.0 Å². The molecule has 0 radical (unpaired) electrons. The van der Waals surface area contributed by atoms with Gasteiger partial charge in [-0.15, -0.1) is 0 Å². The summed E-state index contributed by atoms with van der Waals surface area (Å²) in [4.78, 5) is 15.8. The first-order valence-corrected chi connectivity index (χ1v) is 9.29. The monoisotopic (exact) mass is 361 g/mol. The number of aliphatic hydroxyl groups is 2. The number of hydrogen-bond donors (Lipinski definition) is 4. The summed E-state index contributed by atoms with van der Waals surface area (Å²) < 4.78 is 0. The van der Waals surface area contributed by atoms with Crippen molar-refractivity contribution in [3.8, 4) is 0 Å². The number of carboxylic acid groups (broad SMARTS) is 1. The van der Waals surface area contributed by atoms with Gasteiger partial charge in [-0.1, -0.05) is 30.3 Å². The molecule has 1 aromatic rings. The van der Waals surface area contributed by atoms with Gasteiger partial charge >= 0.3 is 5.97 Å². The average Bonchev–Trinajstić information content (AvgIpc) is 2.87. The largest absolute Gasteiger partial charge is 0.481 e. The van der Waals surface area contributed by atoms with E-state index in [4.69, 9.17) is 9.94 Å². The highest BCUT2D eigenvalue weighted by atomic mass is 16.6. The maximum absolute atomic E-state index is 10.5. The van der Waals surface area contributed by atoms with Crippen molar-refractivity contribution in [2.24, 2.45) is 11.8 Å². The average molecular weight is 361 g/mol. The number of hydroxylamine groups is 1. The van der Waals surface area contributed by atoms with Crippen molar-refractivity contribution in [3.05, 3.63) is 47.2 Å². The molecule has 4 N–H and O–H groups in total. The Kier molecular flexibility index (Phi) is 6.29. The molecule has 0 heterocycles. The van der Waals surface area contributed by atoms with E-state index in [1.807, 2.05) is 30.3 Å². The Balaban J connectivity index is 1.43. The van der Waals surface area contributed by atoms with Crippen LogP contribution in [0.1, 0.15) is 50.2 Å². The molecule has 0 spiro atoms. The van der Waals surface area contributed by atoms with E-state index in [-0.39, 0.29) is 24.4 Å². The van der Waals surface area contributed by atoms with Gasteiger partial charge in [0.2, 0.25) is 0 Å². The summed E-state index contributed by atoms with van der Waals surface area (Å²) in [5.74, 6) is -0.461. The fourth-order valence-corrected chi connectivity index (χ4v) is 3.93. The second kappa shape index (κ2) is 8.66. The van der Waals surface area contributed by atoms with Crippen LogP contribution < -0.4 is 5.48 Å². The number of carbonyl (C=O) groups is 1. The smallest absolute Gasteiger partial charge is 0.303 e. The lowest BCUT2D eigenvalue weighted by molar-refractivity contribution is -0.137. The number of hydrogen-bond acceptors (Lipinski definition) is 5. The molecule has 1 aromatic carbocycles. The standard InChI is InChI=1S/C20H27NO5/c22-18(13-5-2-1-3-6-13)9-8-14-11-15-16(20(14)25)12-17(15)21-26-10-4-7-19(23)24/h1-3,5-6,14,16,18,20-22,25H,4,7-12H2,(H,23,24). The van der Waals surface area contributed by atoms with Gasteiger partial charge in [-0.25, -0.2) is 0 Å². The van der Waals surface area contributed by atoms with Gasteiger partial charge in [-0.05, 0) is 49.2 Å². The number of benzene rings is 1. The van der Waals surface area contributed by atoms with Crippen LogP contribution in [0.5, 0.6) is 0 Å². The van der Waals surface area contributed by atoms with E-state index in [9.17, 15) is 15.0 Å². The van der Waals surface area contributed by atoms with Crippen LogP contribution in [-0.4, -0.2) is 34.0 Å². The maximum Gasteiger partial charge on any atom is 0.303 e. The normalized spacial score (nSPS) is 25.5. The van der Waals surface area contributed by atoms with Crippen molar-refractivity contribution >= 4 is 5.97 Å². The Labute approximate surface area is 153 Å². The van der Waals surface area contributed by atoms with Crippen LogP contribution in [0.3, 0.4) is 0 Å². The SMILES string of the molecule is O=C(O)CCCONC1=C2CC(CCC(O)c3ccccc3)C(O)C2C1. The van der Waals surface area contributed by atoms with E-state index in [2.05, 4.69) is 5.48 Å². The van der Waals surface area contributed by atoms with Gasteiger partial charge in [-0.2, -0.15) is 0 Å². The second-order valence-electron chi connectivity index (χ2n) is 7.22. The molecule has 26 heavy (non-hydrogen) atoms. The predicted molar refractivity (Wildman–Crippen MR) is 95.8 cm³/mol. The summed E-state index contributed by atoms with van der Waals surface area (Å²) in [5, 5.41) is 29.4. The van der Waals surface area contributed by atoms with Crippen molar-refractivity contribution in [3.63, 3.8) is 0 Å². The zero-order valence-corrected chi connectivity index (χ0v) is 14.8. The number of nitrogens with one attached hydrogen (secondary N) is 1. The molecule has 142 valence electrons. The van der Waals surface area contributed by atoms with Crippen LogP contribution in [0.4, 0.5) is 0 Å². The van der Waals surface area contributed by atoms with E-state index >= 15 is 0 Å². The van der Waals surface area contributed by atoms with Crippen LogP contribution in [0.25, 0.3) is 0 Å². The molecule has 0 saturated heterocycles. The molecule has 6 heteroatoms. The summed E-state index contributed by atoms with van der Waals surface area (Å²) in [7, 11) is 0. The van der Waals surface area contributed by atoms with E-state index in [1.165, 1.54) is 5.57 Å². The molecule has 1 fully saturated rings. The molecule has 1 saturated carbocycles. The highest BCUT2D eigenvalue weighted by molar-refractivity contribution is 5.66. The fraction of sp³-hybridized carbons (Fsp3) is 0.550. The third kappa shape index (κ3) is 4.44. The Morgan fingerprint density at radius 1 is 1.27 bits per heavy atom. The summed E-state index contributed by atoms with van der Waals surface area (Å²) in [6.45, 7) is 0.350. The summed E-state index contributed by atoms with van der Waals surface area (Å²) in [5.41, 5.74) is 6.08. The second-order valence-corrected chi connectivity index (χ2v) is 7.22. The summed E-state index contributed by atoms with van der Waals surface area (Å²) in [6.07, 6.45) is 2.74. The van der Waals surface area contributed by atoms with Crippen molar-refractivity contribution in [2.45, 2.75) is 50.7 Å². The lowest BCUT2D eigenvalue weighted by Gasteiger charge is -2.30. The highest BCUT2D eigenvalue weighted by Gasteiger charge is 2.45. The Morgan fingerprint density at radius 2 is 2.04 bits per heavy atom. The van der Waals surface area contributed by atoms with Crippen molar-refractivity contribution in [2.75, 3.05) is 6.61 Å². The molecule has 3 rings (SSSR count). The Hall–Kier alpha value is -1.89. The van der Waals surface area contributed by atoms with Crippen molar-refractivity contribution in [1.82, 2.24) is 5.48 Å². The third-order valence-corrected chi connectivity index (χ3v) is 5.46. The third-order valence-electron chi connectivity index (χ3n) is 5.46. The van der Waals surface area contributed by atoms with Crippen LogP contribution in [-0.2, 0) is 9.63 Å². The summed E-state index contributed by atoms with van der Waals surface area (Å²) >= 11 is 0. The molecule has 0 aromatic heterocycles. The molecular weight excluding hydrogens is 334 g/mol. The number of rotatable bonds is 10. The number of aliphatic carboxylic acids is 1. The molecule has 0 amide bonds. The van der Waals surface area contributed by atoms with Crippen molar-refractivity contribution in [1.29, 1.82) is 0 Å².